The molecule has 2 aliphatic heterocycles. The van der Waals surface area contributed by atoms with Gasteiger partial charge in [0.15, 0.2) is 12.6 Å². The van der Waals surface area contributed by atoms with E-state index in [9.17, 15) is 45.6 Å². The normalized spacial score (nSPS) is 33.3. The molecule has 0 aromatic carbocycles. The predicted molar refractivity (Wildman–Crippen MR) is 166 cm³/mol. The largest absolute Gasteiger partial charge is 0.394 e. The number of carbonyl (C=O) groups excluding carboxylic acids is 1. The fourth-order valence-electron chi connectivity index (χ4n) is 5.57. The first-order valence-electron chi connectivity index (χ1n) is 16.9. The Morgan fingerprint density at radius 1 is 0.761 bits per heavy atom. The van der Waals surface area contributed by atoms with Gasteiger partial charge in [-0.1, -0.05) is 77.4 Å². The van der Waals surface area contributed by atoms with Crippen LogP contribution in [0.4, 0.5) is 0 Å². The summed E-state index contributed by atoms with van der Waals surface area (Å²) in [7, 11) is 0. The van der Waals surface area contributed by atoms with E-state index >= 15 is 0 Å². The minimum Gasteiger partial charge on any atom is -0.394 e. The van der Waals surface area contributed by atoms with Crippen LogP contribution in [0.15, 0.2) is 12.2 Å². The Balaban J connectivity index is 1.93. The quantitative estimate of drug-likeness (QED) is 0.0538. The smallest absolute Gasteiger partial charge is 0.220 e. The highest BCUT2D eigenvalue weighted by atomic mass is 16.7. The van der Waals surface area contributed by atoms with Gasteiger partial charge in [-0.15, -0.1) is 0 Å². The van der Waals surface area contributed by atoms with Gasteiger partial charge in [0.2, 0.25) is 5.91 Å². The van der Waals surface area contributed by atoms with E-state index in [4.69, 9.17) is 18.9 Å². The van der Waals surface area contributed by atoms with Crippen LogP contribution in [0.1, 0.15) is 90.9 Å². The van der Waals surface area contributed by atoms with Crippen LogP contribution in [0.5, 0.6) is 0 Å². The number of rotatable bonds is 22. The summed E-state index contributed by atoms with van der Waals surface area (Å²) in [5.74, 6) is -0.297. The van der Waals surface area contributed by atoms with Gasteiger partial charge in [0.05, 0.1) is 32.0 Å². The van der Waals surface area contributed by atoms with Crippen LogP contribution < -0.4 is 5.32 Å². The van der Waals surface area contributed by atoms with Crippen molar-refractivity contribution < 1.29 is 64.6 Å². The molecule has 0 spiro atoms. The lowest BCUT2D eigenvalue weighted by atomic mass is 9.97. The monoisotopic (exact) mass is 665 g/mol. The average Bonchev–Trinajstić information content (AvgIpc) is 3.04. The minimum atomic E-state index is -1.78. The van der Waals surface area contributed by atoms with E-state index in [1.165, 1.54) is 44.9 Å². The number of aliphatic hydroxyl groups excluding tert-OH is 8. The Morgan fingerprint density at radius 2 is 1.35 bits per heavy atom. The molecule has 2 heterocycles. The second-order valence-corrected chi connectivity index (χ2v) is 12.3. The zero-order chi connectivity index (χ0) is 34.1. The third-order valence-corrected chi connectivity index (χ3v) is 8.44. The molecule has 0 aromatic rings. The summed E-state index contributed by atoms with van der Waals surface area (Å²) in [5.41, 5.74) is 0. The molecule has 1 amide bonds. The molecule has 2 saturated heterocycles. The molecule has 270 valence electrons. The van der Waals surface area contributed by atoms with Gasteiger partial charge in [-0.05, 0) is 19.3 Å². The molecular formula is C32H59NO13. The number of unbranched alkanes of at least 4 members (excludes halogenated alkanes) is 9. The first-order chi connectivity index (χ1) is 22.1. The Hall–Kier alpha value is -1.27. The van der Waals surface area contributed by atoms with Crippen LogP contribution in [0.3, 0.4) is 0 Å². The number of allylic oxidation sites excluding steroid dienone is 1. The van der Waals surface area contributed by atoms with Crippen LogP contribution >= 0.6 is 0 Å². The molecule has 9 N–H and O–H groups in total. The number of hydrogen-bond acceptors (Lipinski definition) is 13. The topological polar surface area (TPSA) is 228 Å². The van der Waals surface area contributed by atoms with Gasteiger partial charge >= 0.3 is 0 Å². The molecule has 0 radical (unpaired) electrons. The van der Waals surface area contributed by atoms with Gasteiger partial charge < -0.3 is 65.1 Å². The molecule has 12 atom stereocenters. The number of nitrogens with one attached hydrogen (secondary N) is 1. The van der Waals surface area contributed by atoms with Crippen LogP contribution in [0.2, 0.25) is 0 Å². The molecule has 0 saturated carbocycles. The SMILES string of the molecule is CCCCCCCCCCC/C=C/C(O)C(COC1OC(CO)C(OC2OC(CO)C(O)C(O)C2O)C(O)C1O)NC(=O)CCC. The number of amides is 1. The third-order valence-electron chi connectivity index (χ3n) is 8.44. The van der Waals surface area contributed by atoms with Gasteiger partial charge in [0.25, 0.3) is 0 Å². The second-order valence-electron chi connectivity index (χ2n) is 12.3. The number of hydrogen-bond donors (Lipinski definition) is 9. The lowest BCUT2D eigenvalue weighted by Gasteiger charge is -2.46. The van der Waals surface area contributed by atoms with Gasteiger partial charge in [0, 0.05) is 6.42 Å². The Labute approximate surface area is 272 Å². The standard InChI is InChI=1S/C32H59NO13/c1-3-5-6-7-8-9-10-11-12-13-14-16-21(36)20(33-24(37)15-4-2)19-43-31-29(42)27(40)30(23(18-35)45-31)46-32-28(41)26(39)25(38)22(17-34)44-32/h14,16,20-23,25-32,34-36,38-42H,3-13,15,17-19H2,1-2H3,(H,33,37)/b16-14+. The van der Waals surface area contributed by atoms with Crippen molar-refractivity contribution in [3.8, 4) is 0 Å². The first kappa shape index (κ1) is 40.9. The molecular weight excluding hydrogens is 606 g/mol. The number of aliphatic hydroxyl groups is 8. The van der Waals surface area contributed by atoms with Crippen LogP contribution in [-0.4, -0.2) is 140 Å². The number of carbonyl (C=O) groups is 1. The summed E-state index contributed by atoms with van der Waals surface area (Å²) in [6.45, 7) is 2.33. The van der Waals surface area contributed by atoms with Crippen molar-refractivity contribution in [1.29, 1.82) is 0 Å². The Kier molecular flexibility index (Phi) is 19.9. The van der Waals surface area contributed by atoms with E-state index in [1.54, 1.807) is 6.08 Å². The average molecular weight is 666 g/mol. The minimum absolute atomic E-state index is 0.232. The van der Waals surface area contributed by atoms with Crippen LogP contribution in [0.25, 0.3) is 0 Å². The van der Waals surface area contributed by atoms with Crippen molar-refractivity contribution in [2.75, 3.05) is 19.8 Å². The zero-order valence-corrected chi connectivity index (χ0v) is 27.3. The van der Waals surface area contributed by atoms with Gasteiger partial charge in [-0.25, -0.2) is 0 Å². The second kappa shape index (κ2) is 22.4. The van der Waals surface area contributed by atoms with Crippen LogP contribution in [-0.2, 0) is 23.7 Å². The molecule has 0 aliphatic carbocycles. The van der Waals surface area contributed by atoms with E-state index < -0.39 is 86.8 Å². The van der Waals surface area contributed by atoms with Crippen molar-refractivity contribution in [2.24, 2.45) is 0 Å². The van der Waals surface area contributed by atoms with E-state index in [2.05, 4.69) is 12.2 Å². The molecule has 0 aromatic heterocycles. The summed E-state index contributed by atoms with van der Waals surface area (Å²) < 4.78 is 22.2. The molecule has 0 bridgehead atoms. The highest BCUT2D eigenvalue weighted by Gasteiger charge is 2.50. The summed E-state index contributed by atoms with van der Waals surface area (Å²) in [5, 5.41) is 84.9. The maximum Gasteiger partial charge on any atom is 0.220 e. The zero-order valence-electron chi connectivity index (χ0n) is 27.3. The maximum absolute atomic E-state index is 12.4. The Bertz CT molecular complexity index is 847. The fourth-order valence-corrected chi connectivity index (χ4v) is 5.57. The van der Waals surface area contributed by atoms with Gasteiger partial charge in [0.1, 0.15) is 48.8 Å². The van der Waals surface area contributed by atoms with E-state index in [-0.39, 0.29) is 18.9 Å². The molecule has 46 heavy (non-hydrogen) atoms. The lowest BCUT2D eigenvalue weighted by molar-refractivity contribution is -0.359. The summed E-state index contributed by atoms with van der Waals surface area (Å²) in [6, 6.07) is -0.901. The molecule has 2 rings (SSSR count). The van der Waals surface area contributed by atoms with Crippen molar-refractivity contribution >= 4 is 5.91 Å². The van der Waals surface area contributed by atoms with Crippen molar-refractivity contribution in [3.63, 3.8) is 0 Å². The summed E-state index contributed by atoms with van der Waals surface area (Å²) >= 11 is 0. The van der Waals surface area contributed by atoms with E-state index in [0.717, 1.165) is 19.3 Å². The van der Waals surface area contributed by atoms with Crippen molar-refractivity contribution in [1.82, 2.24) is 5.32 Å². The first-order valence-corrected chi connectivity index (χ1v) is 16.9. The molecule has 2 aliphatic rings. The predicted octanol–water partition coefficient (Wildman–Crippen LogP) is -0.250. The van der Waals surface area contributed by atoms with Crippen molar-refractivity contribution in [3.05, 3.63) is 12.2 Å². The van der Waals surface area contributed by atoms with Gasteiger partial charge in [-0.2, -0.15) is 0 Å². The van der Waals surface area contributed by atoms with Gasteiger partial charge in [-0.3, -0.25) is 4.79 Å². The molecule has 2 fully saturated rings. The maximum atomic E-state index is 12.4. The summed E-state index contributed by atoms with van der Waals surface area (Å²) in [6.07, 6.45) is -1.02. The van der Waals surface area contributed by atoms with Crippen molar-refractivity contribution in [2.45, 2.75) is 164 Å². The molecule has 14 nitrogen and oxygen atoms in total. The van der Waals surface area contributed by atoms with E-state index in [0.29, 0.717) is 6.42 Å². The third kappa shape index (κ3) is 13.0. The molecule has 12 unspecified atom stereocenters. The van der Waals surface area contributed by atoms with E-state index in [1.807, 2.05) is 13.0 Å². The Morgan fingerprint density at radius 3 is 1.96 bits per heavy atom. The lowest BCUT2D eigenvalue weighted by Crippen LogP contribution is -2.65. The number of ether oxygens (including phenoxy) is 4. The fraction of sp³-hybridized carbons (Fsp3) is 0.906. The molecule has 14 heteroatoms. The highest BCUT2D eigenvalue weighted by Crippen LogP contribution is 2.29. The van der Waals surface area contributed by atoms with Crippen LogP contribution in [0, 0.1) is 0 Å². The highest BCUT2D eigenvalue weighted by molar-refractivity contribution is 5.76. The summed E-state index contributed by atoms with van der Waals surface area (Å²) in [4.78, 5) is 12.4.